The van der Waals surface area contributed by atoms with Gasteiger partial charge >= 0.3 is 24.0 Å². The molecule has 3 atom stereocenters. The highest BCUT2D eigenvalue weighted by molar-refractivity contribution is 5.96. The van der Waals surface area contributed by atoms with Gasteiger partial charge in [-0.15, -0.1) is 0 Å². The van der Waals surface area contributed by atoms with Crippen molar-refractivity contribution in [3.05, 3.63) is 108 Å². The lowest BCUT2D eigenvalue weighted by molar-refractivity contribution is -0.159. The van der Waals surface area contributed by atoms with E-state index in [0.29, 0.717) is 19.3 Å². The fourth-order valence-corrected chi connectivity index (χ4v) is 5.42. The molecule has 0 aliphatic carbocycles. The molecule has 4 rings (SSSR count). The van der Waals surface area contributed by atoms with Crippen LogP contribution in [0.1, 0.15) is 71.1 Å². The Bertz CT molecular complexity index is 1560. The number of carboxylic acid groups (broad SMARTS) is 1. The van der Waals surface area contributed by atoms with Crippen molar-refractivity contribution in [2.45, 2.75) is 90.9 Å². The van der Waals surface area contributed by atoms with E-state index >= 15 is 0 Å². The van der Waals surface area contributed by atoms with Gasteiger partial charge in [-0.1, -0.05) is 91.0 Å². The van der Waals surface area contributed by atoms with Gasteiger partial charge in [-0.25, -0.2) is 9.69 Å². The van der Waals surface area contributed by atoms with Crippen molar-refractivity contribution in [1.82, 2.24) is 4.90 Å². The number of imide groups is 1. The van der Waals surface area contributed by atoms with Gasteiger partial charge in [0.1, 0.15) is 17.8 Å². The summed E-state index contributed by atoms with van der Waals surface area (Å²) in [7, 11) is 0. The van der Waals surface area contributed by atoms with Gasteiger partial charge in [0, 0.05) is 0 Å². The van der Waals surface area contributed by atoms with Gasteiger partial charge in [-0.3, -0.25) is 19.2 Å². The zero-order valence-electron chi connectivity index (χ0n) is 29.8. The Balaban J connectivity index is 0.000000305. The minimum Gasteiger partial charge on any atom is -0.481 e. The summed E-state index contributed by atoms with van der Waals surface area (Å²) in [6.45, 7) is 10.8. The maximum atomic E-state index is 13.5. The second-order valence-electron chi connectivity index (χ2n) is 14.3. The number of esters is 2. The fraction of sp³-hybridized carbons (Fsp3) is 0.425. The number of carboxylic acids is 1. The molecule has 10 heteroatoms. The van der Waals surface area contributed by atoms with E-state index in [1.165, 1.54) is 4.90 Å². The standard InChI is InChI=1S/C25H29NO5.C15H20O4/c1-25(2,3)31-22(27)16-20(14-18-10-6-4-7-11-18)23(28)26-21(17-30-24(26)29)15-19-12-8-5-9-13-19;1-15(2,3)19-13(16)10-12(14(17)18)9-11-7-5-4-6-8-11/h4-13,20-21H,14-17H2,1-3H3;4-8,12H,9-10H2,1-3H3,(H,17,18)/t20-,21+;12-/m00/s1. The number of aliphatic carboxylic acids is 1. The maximum absolute atomic E-state index is 13.5. The topological polar surface area (TPSA) is 137 Å². The van der Waals surface area contributed by atoms with Crippen LogP contribution in [-0.4, -0.2) is 63.8 Å². The molecule has 1 fully saturated rings. The second kappa shape index (κ2) is 18.1. The zero-order chi connectivity index (χ0) is 36.9. The van der Waals surface area contributed by atoms with Crippen LogP contribution in [0.2, 0.25) is 0 Å². The van der Waals surface area contributed by atoms with Crippen LogP contribution in [0, 0.1) is 11.8 Å². The summed E-state index contributed by atoms with van der Waals surface area (Å²) in [5.74, 6) is -3.80. The Labute approximate surface area is 294 Å². The first-order valence-corrected chi connectivity index (χ1v) is 16.8. The first-order valence-electron chi connectivity index (χ1n) is 16.8. The predicted molar refractivity (Wildman–Crippen MR) is 188 cm³/mol. The third-order valence-electron chi connectivity index (χ3n) is 7.53. The molecule has 50 heavy (non-hydrogen) atoms. The van der Waals surface area contributed by atoms with Gasteiger partial charge in [-0.05, 0) is 77.5 Å². The van der Waals surface area contributed by atoms with Gasteiger partial charge in [0.05, 0.1) is 30.7 Å². The fourth-order valence-electron chi connectivity index (χ4n) is 5.42. The average molecular weight is 688 g/mol. The van der Waals surface area contributed by atoms with Crippen molar-refractivity contribution in [1.29, 1.82) is 0 Å². The number of hydrogen-bond donors (Lipinski definition) is 1. The largest absolute Gasteiger partial charge is 0.481 e. The van der Waals surface area contributed by atoms with E-state index in [-0.39, 0.29) is 19.4 Å². The summed E-state index contributed by atoms with van der Waals surface area (Å²) < 4.78 is 15.8. The van der Waals surface area contributed by atoms with Crippen molar-refractivity contribution in [2.24, 2.45) is 11.8 Å². The second-order valence-corrected chi connectivity index (χ2v) is 14.3. The Kier molecular flexibility index (Phi) is 14.3. The quantitative estimate of drug-likeness (QED) is 0.161. The molecule has 1 heterocycles. The molecule has 0 radical (unpaired) electrons. The van der Waals surface area contributed by atoms with Crippen molar-refractivity contribution in [3.8, 4) is 0 Å². The summed E-state index contributed by atoms with van der Waals surface area (Å²) in [5.41, 5.74) is 1.58. The molecule has 268 valence electrons. The van der Waals surface area contributed by atoms with Crippen LogP contribution in [0.5, 0.6) is 0 Å². The molecule has 1 aliphatic rings. The van der Waals surface area contributed by atoms with Crippen LogP contribution >= 0.6 is 0 Å². The number of ether oxygens (including phenoxy) is 3. The van der Waals surface area contributed by atoms with E-state index < -0.39 is 59.0 Å². The molecule has 1 N–H and O–H groups in total. The van der Waals surface area contributed by atoms with E-state index in [4.69, 9.17) is 14.2 Å². The monoisotopic (exact) mass is 687 g/mol. The summed E-state index contributed by atoms with van der Waals surface area (Å²) in [6.07, 6.45) is 0.293. The lowest BCUT2D eigenvalue weighted by Gasteiger charge is -2.26. The highest BCUT2D eigenvalue weighted by atomic mass is 16.6. The molecular formula is C40H49NO9. The van der Waals surface area contributed by atoms with Gasteiger partial charge in [0.2, 0.25) is 5.91 Å². The van der Waals surface area contributed by atoms with E-state index in [9.17, 15) is 29.1 Å². The van der Waals surface area contributed by atoms with Crippen molar-refractivity contribution in [2.75, 3.05) is 6.61 Å². The van der Waals surface area contributed by atoms with E-state index in [2.05, 4.69) is 0 Å². The Morgan fingerprint density at radius 1 is 0.700 bits per heavy atom. The number of amides is 2. The molecular weight excluding hydrogens is 638 g/mol. The summed E-state index contributed by atoms with van der Waals surface area (Å²) in [4.78, 5) is 62.5. The van der Waals surface area contributed by atoms with Gasteiger partial charge in [-0.2, -0.15) is 0 Å². The smallest absolute Gasteiger partial charge is 0.416 e. The van der Waals surface area contributed by atoms with E-state index in [1.807, 2.05) is 91.0 Å². The summed E-state index contributed by atoms with van der Waals surface area (Å²) in [5, 5.41) is 9.17. The van der Waals surface area contributed by atoms with Gasteiger partial charge < -0.3 is 19.3 Å². The summed E-state index contributed by atoms with van der Waals surface area (Å²) in [6, 6.07) is 28.0. The minimum atomic E-state index is -0.977. The SMILES string of the molecule is CC(C)(C)OC(=O)C[C@H](Cc1ccccc1)C(=O)N1C(=O)OC[C@H]1Cc1ccccc1.CC(C)(C)OC(=O)C[C@H](Cc1ccccc1)C(=O)O. The number of benzene rings is 3. The van der Waals surface area contributed by atoms with Crippen LogP contribution in [-0.2, 0) is 52.7 Å². The number of nitrogens with zero attached hydrogens (tertiary/aromatic N) is 1. The number of hydrogen-bond acceptors (Lipinski definition) is 8. The molecule has 2 amide bonds. The lowest BCUT2D eigenvalue weighted by Crippen LogP contribution is -2.45. The highest BCUT2D eigenvalue weighted by Gasteiger charge is 2.41. The minimum absolute atomic E-state index is 0.104. The third-order valence-corrected chi connectivity index (χ3v) is 7.53. The highest BCUT2D eigenvalue weighted by Crippen LogP contribution is 2.25. The molecule has 0 aromatic heterocycles. The third kappa shape index (κ3) is 13.9. The molecule has 0 spiro atoms. The van der Waals surface area contributed by atoms with Crippen molar-refractivity contribution >= 4 is 29.9 Å². The molecule has 0 unspecified atom stereocenters. The molecule has 0 bridgehead atoms. The Hall–Kier alpha value is -4.99. The predicted octanol–water partition coefficient (Wildman–Crippen LogP) is 6.83. The van der Waals surface area contributed by atoms with E-state index in [0.717, 1.165) is 16.7 Å². The first-order chi connectivity index (χ1) is 23.5. The normalized spacial score (nSPS) is 15.5. The molecule has 3 aromatic carbocycles. The van der Waals surface area contributed by atoms with Crippen LogP contribution in [0.15, 0.2) is 91.0 Å². The van der Waals surface area contributed by atoms with Crippen LogP contribution < -0.4 is 0 Å². The average Bonchev–Trinajstić information content (AvgIpc) is 3.39. The van der Waals surface area contributed by atoms with Crippen LogP contribution in [0.4, 0.5) is 4.79 Å². The van der Waals surface area contributed by atoms with Crippen LogP contribution in [0.25, 0.3) is 0 Å². The lowest BCUT2D eigenvalue weighted by atomic mass is 9.93. The van der Waals surface area contributed by atoms with Crippen LogP contribution in [0.3, 0.4) is 0 Å². The maximum Gasteiger partial charge on any atom is 0.416 e. The molecule has 1 aliphatic heterocycles. The first kappa shape index (κ1) is 39.4. The van der Waals surface area contributed by atoms with Gasteiger partial charge in [0.25, 0.3) is 0 Å². The zero-order valence-corrected chi connectivity index (χ0v) is 29.8. The Morgan fingerprint density at radius 2 is 1.10 bits per heavy atom. The van der Waals surface area contributed by atoms with Gasteiger partial charge in [0.15, 0.2) is 0 Å². The molecule has 3 aromatic rings. The van der Waals surface area contributed by atoms with E-state index in [1.54, 1.807) is 41.5 Å². The molecule has 10 nitrogen and oxygen atoms in total. The number of carbonyl (C=O) groups is 5. The summed E-state index contributed by atoms with van der Waals surface area (Å²) >= 11 is 0. The number of carbonyl (C=O) groups excluding carboxylic acids is 4. The molecule has 0 saturated carbocycles. The number of cyclic esters (lactones) is 1. The Morgan fingerprint density at radius 3 is 1.52 bits per heavy atom. The molecule has 1 saturated heterocycles. The number of rotatable bonds is 12. The van der Waals surface area contributed by atoms with Crippen molar-refractivity contribution in [3.63, 3.8) is 0 Å². The van der Waals surface area contributed by atoms with Crippen molar-refractivity contribution < 1.29 is 43.3 Å².